The highest BCUT2D eigenvalue weighted by molar-refractivity contribution is 6.25. The van der Waals surface area contributed by atoms with E-state index < -0.39 is 81.4 Å². The molecule has 0 saturated carbocycles. The number of phenols is 1. The predicted octanol–water partition coefficient (Wildman–Crippen LogP) is 0.747. The molecule has 0 heterocycles. The molecule has 0 spiro atoms. The van der Waals surface area contributed by atoms with Gasteiger partial charge in [0.25, 0.3) is 5.91 Å². The van der Waals surface area contributed by atoms with Crippen LogP contribution in [0.3, 0.4) is 0 Å². The van der Waals surface area contributed by atoms with E-state index in [2.05, 4.69) is 0 Å². The Balaban J connectivity index is 1.79. The Bertz CT molecular complexity index is 1570. The summed E-state index contributed by atoms with van der Waals surface area (Å²) in [6.07, 6.45) is -1.53. The van der Waals surface area contributed by atoms with Crippen LogP contribution < -0.4 is 5.73 Å². The number of fused-ring (bicyclic) bond motifs is 3. The number of benzene rings is 2. The van der Waals surface area contributed by atoms with Crippen LogP contribution in [0.1, 0.15) is 33.0 Å². The quantitative estimate of drug-likeness (QED) is 0.297. The van der Waals surface area contributed by atoms with Gasteiger partial charge in [0.1, 0.15) is 22.8 Å². The first kappa shape index (κ1) is 27.1. The third-order valence-electron chi connectivity index (χ3n) is 8.34. The Morgan fingerprint density at radius 3 is 2.33 bits per heavy atom. The molecule has 0 bridgehead atoms. The normalized spacial score (nSPS) is 29.6. The zero-order chi connectivity index (χ0) is 29.3. The lowest BCUT2D eigenvalue weighted by molar-refractivity contribution is -0.162. The van der Waals surface area contributed by atoms with Crippen LogP contribution in [0.25, 0.3) is 0 Å². The summed E-state index contributed by atoms with van der Waals surface area (Å²) in [7, 11) is 2.96. The summed E-state index contributed by atoms with van der Waals surface area (Å²) in [5, 5.41) is 66.1. The fourth-order valence-electron chi connectivity index (χ4n) is 6.61. The van der Waals surface area contributed by atoms with Gasteiger partial charge in [-0.2, -0.15) is 5.26 Å². The van der Waals surface area contributed by atoms with Gasteiger partial charge in [0, 0.05) is 11.5 Å². The highest BCUT2D eigenvalue weighted by atomic mass is 16.4. The van der Waals surface area contributed by atoms with Gasteiger partial charge >= 0.3 is 0 Å². The largest absolute Gasteiger partial charge is 0.510 e. The number of ketones is 2. The van der Waals surface area contributed by atoms with Gasteiger partial charge in [0.15, 0.2) is 11.4 Å². The summed E-state index contributed by atoms with van der Waals surface area (Å²) in [4.78, 5) is 40.9. The Kier molecular flexibility index (Phi) is 6.30. The fraction of sp³-hybridized carbons (Fsp3) is 0.310. The Hall–Kier alpha value is -4.50. The van der Waals surface area contributed by atoms with E-state index in [9.17, 15) is 39.9 Å². The van der Waals surface area contributed by atoms with Crippen molar-refractivity contribution in [2.24, 2.45) is 17.6 Å². The summed E-state index contributed by atoms with van der Waals surface area (Å²) < 4.78 is 0. The van der Waals surface area contributed by atoms with Gasteiger partial charge in [-0.3, -0.25) is 19.3 Å². The number of aromatic hydroxyl groups is 1. The fourth-order valence-corrected chi connectivity index (χ4v) is 6.61. The van der Waals surface area contributed by atoms with Gasteiger partial charge in [0.2, 0.25) is 5.78 Å². The van der Waals surface area contributed by atoms with Crippen LogP contribution in [0, 0.1) is 23.2 Å². The van der Waals surface area contributed by atoms with Gasteiger partial charge in [-0.15, -0.1) is 0 Å². The first-order valence-corrected chi connectivity index (χ1v) is 12.5. The van der Waals surface area contributed by atoms with Crippen molar-refractivity contribution in [3.63, 3.8) is 0 Å². The number of primary amides is 1. The molecule has 0 saturated heterocycles. The van der Waals surface area contributed by atoms with E-state index in [1.165, 1.54) is 31.1 Å². The van der Waals surface area contributed by atoms with Gasteiger partial charge in [0.05, 0.1) is 35.3 Å². The Morgan fingerprint density at radius 2 is 1.75 bits per heavy atom. The molecule has 1 amide bonds. The number of aliphatic hydroxyl groups is 4. The van der Waals surface area contributed by atoms with E-state index in [-0.39, 0.29) is 12.0 Å². The number of nitrogens with zero attached hydrogens (tertiary/aromatic N) is 2. The van der Waals surface area contributed by atoms with Crippen molar-refractivity contribution in [1.82, 2.24) is 4.90 Å². The van der Waals surface area contributed by atoms with E-state index in [1.54, 1.807) is 30.3 Å². The van der Waals surface area contributed by atoms with Crippen molar-refractivity contribution in [1.29, 1.82) is 5.26 Å². The maximum absolute atomic E-state index is 13.8. The third kappa shape index (κ3) is 3.57. The monoisotopic (exact) mass is 545 g/mol. The number of hydrogen-bond donors (Lipinski definition) is 6. The second-order valence-corrected chi connectivity index (χ2v) is 10.6. The molecular formula is C29H27N3O8. The average molecular weight is 546 g/mol. The molecule has 5 rings (SSSR count). The van der Waals surface area contributed by atoms with Gasteiger partial charge in [-0.05, 0) is 55.8 Å². The lowest BCUT2D eigenvalue weighted by Gasteiger charge is -2.53. The molecule has 0 fully saturated rings. The first-order chi connectivity index (χ1) is 18.9. The molecule has 3 aliphatic carbocycles. The lowest BCUT2D eigenvalue weighted by Crippen LogP contribution is -2.68. The summed E-state index contributed by atoms with van der Waals surface area (Å²) in [5.74, 6) is -9.49. The van der Waals surface area contributed by atoms with E-state index in [4.69, 9.17) is 11.0 Å². The minimum absolute atomic E-state index is 0.158. The van der Waals surface area contributed by atoms with Crippen LogP contribution >= 0.6 is 0 Å². The van der Waals surface area contributed by atoms with Crippen molar-refractivity contribution in [2.75, 3.05) is 14.1 Å². The minimum Gasteiger partial charge on any atom is -0.510 e. The predicted molar refractivity (Wildman–Crippen MR) is 139 cm³/mol. The van der Waals surface area contributed by atoms with E-state index in [0.717, 1.165) is 0 Å². The van der Waals surface area contributed by atoms with Crippen molar-refractivity contribution >= 4 is 17.5 Å². The van der Waals surface area contributed by atoms with Crippen molar-refractivity contribution < 1.29 is 39.9 Å². The summed E-state index contributed by atoms with van der Waals surface area (Å²) >= 11 is 0. The van der Waals surface area contributed by atoms with E-state index in [1.807, 2.05) is 6.07 Å². The van der Waals surface area contributed by atoms with Crippen molar-refractivity contribution in [3.05, 3.63) is 87.4 Å². The molecule has 11 heteroatoms. The zero-order valence-corrected chi connectivity index (χ0v) is 21.6. The average Bonchev–Trinajstić information content (AvgIpc) is 2.90. The summed E-state index contributed by atoms with van der Waals surface area (Å²) in [5.41, 5.74) is 2.30. The second kappa shape index (κ2) is 9.31. The standard InChI is InChI=1S/C29H27N3O8/c1-32(2)22-21-24(35)18-15(10-12-6-8-13(11-30)9-7-12)14-4-3-5-16(33)17(14)23(34)19(18)26(37)29(21,40)27(38)20(25(22)36)28(31)39/h3-9,15,18,21-22,24,33,35-37,40H,10H2,1-2H3,(H2,31,39). The number of likely N-dealkylation sites (N-methyl/N-ethyl adjacent to an activating group) is 1. The van der Waals surface area contributed by atoms with Crippen molar-refractivity contribution in [2.45, 2.75) is 30.1 Å². The molecule has 7 N–H and O–H groups in total. The third-order valence-corrected chi connectivity index (χ3v) is 8.34. The number of carbonyl (C=O) groups is 3. The van der Waals surface area contributed by atoms with Crippen molar-refractivity contribution in [3.8, 4) is 11.8 Å². The molecule has 0 aliphatic heterocycles. The summed E-state index contributed by atoms with van der Waals surface area (Å²) in [6, 6.07) is 11.7. The molecule has 3 aliphatic rings. The van der Waals surface area contributed by atoms with Crippen LogP contribution in [0.5, 0.6) is 5.75 Å². The Morgan fingerprint density at radius 1 is 1.10 bits per heavy atom. The number of hydrogen-bond acceptors (Lipinski definition) is 10. The van der Waals surface area contributed by atoms with Crippen LogP contribution in [0.4, 0.5) is 0 Å². The molecule has 6 unspecified atom stereocenters. The molecule has 0 radical (unpaired) electrons. The molecular weight excluding hydrogens is 518 g/mol. The summed E-state index contributed by atoms with van der Waals surface area (Å²) in [6.45, 7) is 0. The maximum atomic E-state index is 13.8. The SMILES string of the molecule is CN(C)C1C(O)=C(C(N)=O)C(=O)C2(O)C(O)=C3C(=O)c4c(O)cccc4C(Cc4ccc(C#N)cc4)C3C(O)C12. The molecule has 2 aromatic carbocycles. The number of carbonyl (C=O) groups excluding carboxylic acids is 3. The molecule has 2 aromatic rings. The molecule has 40 heavy (non-hydrogen) atoms. The number of amides is 1. The lowest BCUT2D eigenvalue weighted by atomic mass is 9.54. The van der Waals surface area contributed by atoms with Crippen LogP contribution in [-0.4, -0.2) is 79.7 Å². The number of nitriles is 1. The van der Waals surface area contributed by atoms with Gasteiger partial charge in [-0.25, -0.2) is 0 Å². The first-order valence-electron chi connectivity index (χ1n) is 12.5. The molecule has 6 atom stereocenters. The second-order valence-electron chi connectivity index (χ2n) is 10.6. The zero-order valence-electron chi connectivity index (χ0n) is 21.6. The Labute approximate surface area is 228 Å². The number of aliphatic hydroxyl groups excluding tert-OH is 3. The molecule has 11 nitrogen and oxygen atoms in total. The van der Waals surface area contributed by atoms with Crippen LogP contribution in [0.15, 0.2) is 65.1 Å². The smallest absolute Gasteiger partial charge is 0.255 e. The number of Topliss-reactive ketones (excluding diaryl/α,β-unsaturated/α-hetero) is 2. The highest BCUT2D eigenvalue weighted by Crippen LogP contribution is 2.56. The topological polar surface area (TPSA) is 205 Å². The maximum Gasteiger partial charge on any atom is 0.255 e. The van der Waals surface area contributed by atoms with E-state index >= 15 is 0 Å². The number of phenolic OH excluding ortho intramolecular Hbond substituents is 1. The van der Waals surface area contributed by atoms with Gasteiger partial charge < -0.3 is 31.3 Å². The minimum atomic E-state index is -2.98. The molecule has 0 aromatic heterocycles. The van der Waals surface area contributed by atoms with E-state index in [0.29, 0.717) is 16.7 Å². The molecule has 206 valence electrons. The number of nitrogens with two attached hydrogens (primary N) is 1. The van der Waals surface area contributed by atoms with Gasteiger partial charge in [-0.1, -0.05) is 24.3 Å². The van der Waals surface area contributed by atoms with Crippen LogP contribution in [-0.2, 0) is 16.0 Å². The van der Waals surface area contributed by atoms with Crippen LogP contribution in [0.2, 0.25) is 0 Å². The number of rotatable bonds is 4. The highest BCUT2D eigenvalue weighted by Gasteiger charge is 2.67.